The number of benzene rings is 3. The van der Waals surface area contributed by atoms with Gasteiger partial charge in [0.25, 0.3) is 5.91 Å². The van der Waals surface area contributed by atoms with E-state index >= 15 is 0 Å². The fourth-order valence-corrected chi connectivity index (χ4v) is 7.61. The fourth-order valence-electron chi connectivity index (χ4n) is 6.07. The largest absolute Gasteiger partial charge is 0.604 e. The first kappa shape index (κ1) is 34.0. The number of carbonyl (C=O) groups excluding carboxylic acids is 6. The summed E-state index contributed by atoms with van der Waals surface area (Å²) in [6.07, 6.45) is 0. The lowest BCUT2D eigenvalue weighted by Gasteiger charge is -2.47. The van der Waals surface area contributed by atoms with Gasteiger partial charge in [0.05, 0.1) is 11.2 Å². The normalized spacial score (nSPS) is 20.9. The maximum atomic E-state index is 13.8. The molecule has 6 amide bonds. The van der Waals surface area contributed by atoms with E-state index in [0.717, 1.165) is 15.7 Å². The number of piperazine rings is 1. The van der Waals surface area contributed by atoms with Crippen LogP contribution in [0.4, 0.5) is 4.79 Å². The van der Waals surface area contributed by atoms with Crippen LogP contribution >= 0.6 is 0 Å². The third-order valence-electron chi connectivity index (χ3n) is 8.73. The average Bonchev–Trinajstić information content (AvgIpc) is 3.13. The molecule has 2 N–H and O–H groups in total. The Labute approximate surface area is 288 Å². The van der Waals surface area contributed by atoms with Crippen LogP contribution in [-0.4, -0.2) is 95.8 Å². The van der Waals surface area contributed by atoms with Crippen LogP contribution in [0.3, 0.4) is 0 Å². The first-order chi connectivity index (χ1) is 24.0. The predicted molar refractivity (Wildman–Crippen MR) is 177 cm³/mol. The van der Waals surface area contributed by atoms with Crippen molar-refractivity contribution in [3.05, 3.63) is 101 Å². The van der Waals surface area contributed by atoms with Gasteiger partial charge in [0.2, 0.25) is 11.3 Å². The predicted octanol–water partition coefficient (Wildman–Crippen LogP) is 1.34. The molecule has 16 heteroatoms. The lowest BCUT2D eigenvalue weighted by atomic mass is 10.0. The summed E-state index contributed by atoms with van der Waals surface area (Å²) < 4.78 is 19.1. The second-order valence-electron chi connectivity index (χ2n) is 11.7. The average molecular weight is 698 g/mol. The van der Waals surface area contributed by atoms with Gasteiger partial charge in [0.1, 0.15) is 23.9 Å². The summed E-state index contributed by atoms with van der Waals surface area (Å²) in [5, 5.41) is 5.17. The van der Waals surface area contributed by atoms with Crippen LogP contribution in [-0.2, 0) is 46.5 Å². The van der Waals surface area contributed by atoms with E-state index in [9.17, 15) is 38.9 Å². The molecule has 15 nitrogen and oxygen atoms in total. The second kappa shape index (κ2) is 14.0. The molecule has 0 bridgehead atoms. The molecule has 3 unspecified atom stereocenters. The van der Waals surface area contributed by atoms with E-state index in [1.54, 1.807) is 31.2 Å². The number of amides is 6. The first-order valence-corrected chi connectivity index (χ1v) is 16.8. The Kier molecular flexibility index (Phi) is 9.50. The molecular formula is C34H31N7O8S. The number of hydrogen-bond acceptors (Lipinski definition) is 8. The number of nitrogens with one attached hydrogen (secondary N) is 2. The molecule has 0 aromatic heterocycles. The van der Waals surface area contributed by atoms with Crippen LogP contribution in [0.15, 0.2) is 84.1 Å². The SMILES string of the molecule is CCN1CCN(C(=O)NC(C(=O)NC2C(=O)N3C(C(=O)OCc4ccc5ccccc5c4)=C(C)C(=[N+]=[N-])[S+]([O-])[C@H]23)c2ccccc2)C(=O)C1=O. The lowest BCUT2D eigenvalue weighted by molar-refractivity contribution is -0.154. The molecule has 0 radical (unpaired) electrons. The molecule has 3 aromatic rings. The van der Waals surface area contributed by atoms with E-state index in [0.29, 0.717) is 10.5 Å². The maximum Gasteiger partial charge on any atom is 0.490 e. The van der Waals surface area contributed by atoms with E-state index in [-0.39, 0.29) is 48.1 Å². The number of imide groups is 1. The number of ether oxygens (including phenoxy) is 1. The van der Waals surface area contributed by atoms with Crippen molar-refractivity contribution in [2.45, 2.75) is 37.9 Å². The number of fused-ring (bicyclic) bond motifs is 2. The molecule has 0 aliphatic carbocycles. The number of esters is 1. The quantitative estimate of drug-likeness (QED) is 0.0876. The van der Waals surface area contributed by atoms with Crippen molar-refractivity contribution in [1.82, 2.24) is 25.3 Å². The summed E-state index contributed by atoms with van der Waals surface area (Å²) in [6, 6.07) is 17.2. The molecule has 0 spiro atoms. The van der Waals surface area contributed by atoms with Gasteiger partial charge in [-0.15, -0.1) is 4.79 Å². The molecule has 50 heavy (non-hydrogen) atoms. The van der Waals surface area contributed by atoms with E-state index < -0.39 is 64.3 Å². The van der Waals surface area contributed by atoms with E-state index in [1.165, 1.54) is 24.0 Å². The Balaban J connectivity index is 1.20. The van der Waals surface area contributed by atoms with Gasteiger partial charge in [-0.3, -0.25) is 29.0 Å². The Morgan fingerprint density at radius 1 is 1.00 bits per heavy atom. The second-order valence-corrected chi connectivity index (χ2v) is 13.1. The summed E-state index contributed by atoms with van der Waals surface area (Å²) in [6.45, 7) is 3.21. The molecule has 3 aromatic carbocycles. The van der Waals surface area contributed by atoms with Crippen LogP contribution in [0.2, 0.25) is 0 Å². The number of likely N-dealkylation sites (N-methyl/N-ethyl adjacent to an activating group) is 1. The van der Waals surface area contributed by atoms with Gasteiger partial charge in [-0.1, -0.05) is 66.7 Å². The fraction of sp³-hybridized carbons (Fsp3) is 0.265. The summed E-state index contributed by atoms with van der Waals surface area (Å²) in [7, 11) is 0. The molecule has 2 fully saturated rings. The van der Waals surface area contributed by atoms with Gasteiger partial charge in [0, 0.05) is 19.6 Å². The van der Waals surface area contributed by atoms with E-state index in [2.05, 4.69) is 15.4 Å². The molecule has 256 valence electrons. The Morgan fingerprint density at radius 3 is 2.40 bits per heavy atom. The third-order valence-corrected chi connectivity index (χ3v) is 10.4. The van der Waals surface area contributed by atoms with Crippen LogP contribution in [0.5, 0.6) is 0 Å². The number of nitrogens with zero attached hydrogens (tertiary/aromatic N) is 5. The zero-order valence-electron chi connectivity index (χ0n) is 26.9. The molecule has 6 rings (SSSR count). The van der Waals surface area contributed by atoms with Crippen molar-refractivity contribution in [3.63, 3.8) is 0 Å². The Bertz CT molecular complexity index is 2010. The van der Waals surface area contributed by atoms with Crippen molar-refractivity contribution in [3.8, 4) is 0 Å². The van der Waals surface area contributed by atoms with Gasteiger partial charge >= 0.3 is 28.9 Å². The van der Waals surface area contributed by atoms with Crippen LogP contribution in [0.25, 0.3) is 16.3 Å². The van der Waals surface area contributed by atoms with Gasteiger partial charge in [-0.05, 0) is 41.8 Å². The monoisotopic (exact) mass is 697 g/mol. The third kappa shape index (κ3) is 6.11. The molecule has 2 saturated heterocycles. The van der Waals surface area contributed by atoms with E-state index in [4.69, 9.17) is 4.74 Å². The smallest absolute Gasteiger partial charge is 0.490 e. The molecule has 0 saturated carbocycles. The Morgan fingerprint density at radius 2 is 1.70 bits per heavy atom. The topological polar surface area (TPSA) is 205 Å². The summed E-state index contributed by atoms with van der Waals surface area (Å²) >= 11 is -2.20. The highest BCUT2D eigenvalue weighted by molar-refractivity contribution is 8.07. The summed E-state index contributed by atoms with van der Waals surface area (Å²) in [5.41, 5.74) is 10.4. The van der Waals surface area contributed by atoms with Crippen molar-refractivity contribution in [2.24, 2.45) is 0 Å². The van der Waals surface area contributed by atoms with Gasteiger partial charge in [-0.25, -0.2) is 9.59 Å². The zero-order chi connectivity index (χ0) is 35.7. The summed E-state index contributed by atoms with van der Waals surface area (Å²) in [4.78, 5) is 85.1. The van der Waals surface area contributed by atoms with Gasteiger partial charge in [-0.2, -0.15) is 0 Å². The molecule has 3 heterocycles. The number of urea groups is 1. The number of rotatable bonds is 8. The van der Waals surface area contributed by atoms with Crippen LogP contribution < -0.4 is 10.6 Å². The van der Waals surface area contributed by atoms with E-state index in [1.807, 2.05) is 36.4 Å². The number of hydrogen-bond donors (Lipinski definition) is 2. The van der Waals surface area contributed by atoms with Crippen LogP contribution in [0.1, 0.15) is 31.0 Å². The Hall–Kier alpha value is -5.83. The highest BCUT2D eigenvalue weighted by Crippen LogP contribution is 2.38. The number of carbonyl (C=O) groups is 6. The van der Waals surface area contributed by atoms with Crippen LogP contribution in [0, 0.1) is 0 Å². The van der Waals surface area contributed by atoms with Crippen molar-refractivity contribution >= 4 is 62.6 Å². The van der Waals surface area contributed by atoms with Crippen molar-refractivity contribution in [1.29, 1.82) is 0 Å². The maximum absolute atomic E-state index is 13.8. The minimum Gasteiger partial charge on any atom is -0.604 e. The standard InChI is InChI=1S/C34H31N7O8S/c1-3-39-15-16-40(31(45)30(39)44)34(47)37-24(22-10-5-4-6-11-22)27(42)36-25-29(43)41-26(19(2)28(38-35)50(48)32(25)41)33(46)49-18-20-13-14-21-9-7-8-12-23(21)17-20/h4-14,17,24-25,32H,3,15-16,18H2,1-2H3,(H,36,42)(H,37,47)/t24?,25?,32-,50?/m1/s1. The van der Waals surface area contributed by atoms with Crippen molar-refractivity contribution < 1.29 is 42.8 Å². The molecule has 3 aliphatic rings. The minimum absolute atomic E-state index is 0.0412. The highest BCUT2D eigenvalue weighted by atomic mass is 32.2. The van der Waals surface area contributed by atoms with Gasteiger partial charge < -0.3 is 30.4 Å². The minimum atomic E-state index is -2.20. The summed E-state index contributed by atoms with van der Waals surface area (Å²) in [5.74, 6) is -4.54. The molecular weight excluding hydrogens is 666 g/mol. The number of β-lactam (4-membered cyclic amide) rings is 1. The highest BCUT2D eigenvalue weighted by Gasteiger charge is 2.65. The lowest BCUT2D eigenvalue weighted by Crippen LogP contribution is -2.75. The molecule has 3 aliphatic heterocycles. The van der Waals surface area contributed by atoms with Gasteiger partial charge in [0.15, 0.2) is 6.04 Å². The van der Waals surface area contributed by atoms with Crippen molar-refractivity contribution in [2.75, 3.05) is 19.6 Å². The molecule has 4 atom stereocenters. The zero-order valence-corrected chi connectivity index (χ0v) is 27.7. The first-order valence-electron chi connectivity index (χ1n) is 15.6.